The van der Waals surface area contributed by atoms with E-state index < -0.39 is 26.5 Å². The fourth-order valence-electron chi connectivity index (χ4n) is 3.63. The van der Waals surface area contributed by atoms with Gasteiger partial charge in [0.05, 0.1) is 5.02 Å². The maximum Gasteiger partial charge on any atom is 0.247 e. The summed E-state index contributed by atoms with van der Waals surface area (Å²) >= 11 is 18.4. The van der Waals surface area contributed by atoms with Crippen LogP contribution >= 0.6 is 34.8 Å². The number of hydrogen-bond acceptors (Lipinski definition) is 3. The van der Waals surface area contributed by atoms with Crippen LogP contribution in [0.25, 0.3) is 11.1 Å². The smallest absolute Gasteiger partial charge is 0.247 e. The molecule has 0 unspecified atom stereocenters. The lowest BCUT2D eigenvalue weighted by Gasteiger charge is -2.24. The van der Waals surface area contributed by atoms with Crippen molar-refractivity contribution in [3.63, 3.8) is 0 Å². The summed E-state index contributed by atoms with van der Waals surface area (Å²) < 4.78 is 42.0. The molecule has 0 saturated heterocycles. The molecule has 0 aliphatic heterocycles. The third-order valence-corrected chi connectivity index (χ3v) is 7.99. The molecule has 0 spiro atoms. The highest BCUT2D eigenvalue weighted by molar-refractivity contribution is 7.89. The molecule has 0 atom stereocenters. The van der Waals surface area contributed by atoms with E-state index in [2.05, 4.69) is 0 Å². The second-order valence-corrected chi connectivity index (χ2v) is 11.0. The number of rotatable bonds is 7. The van der Waals surface area contributed by atoms with Gasteiger partial charge in [0.2, 0.25) is 10.0 Å². The van der Waals surface area contributed by atoms with Gasteiger partial charge in [-0.05, 0) is 53.1 Å². The fourth-order valence-corrected chi connectivity index (χ4v) is 6.04. The summed E-state index contributed by atoms with van der Waals surface area (Å²) in [4.78, 5) is -0.417. The van der Waals surface area contributed by atoms with E-state index in [9.17, 15) is 17.9 Å². The monoisotopic (exact) mass is 549 g/mol. The molecule has 0 amide bonds. The summed E-state index contributed by atoms with van der Waals surface area (Å²) in [5.41, 5.74) is 2.87. The third-order valence-electron chi connectivity index (χ3n) is 5.35. The standard InChI is InChI=1S/C26H19Cl3FNO3S/c27-20-13-24(29)26(32)25(14-20)35(33,34)31(15-17-8-10-21(30)11-9-17)16-18-4-3-5-19(12-18)22-6-1-2-7-23(22)28/h1-14,32H,15-16H2. The molecule has 0 heterocycles. The molecule has 0 aliphatic carbocycles. The Morgan fingerprint density at radius 1 is 0.771 bits per heavy atom. The Kier molecular flexibility index (Phi) is 7.69. The molecule has 0 bridgehead atoms. The van der Waals surface area contributed by atoms with Gasteiger partial charge in [0.15, 0.2) is 5.75 Å². The molecule has 4 aromatic carbocycles. The van der Waals surface area contributed by atoms with Crippen LogP contribution in [0, 0.1) is 5.82 Å². The predicted octanol–water partition coefficient (Wildman–Crippen LogP) is 7.55. The molecule has 0 saturated carbocycles. The number of hydrogen-bond donors (Lipinski definition) is 1. The van der Waals surface area contributed by atoms with Crippen molar-refractivity contribution in [3.8, 4) is 16.9 Å². The Bertz CT molecular complexity index is 1480. The molecule has 0 aliphatic rings. The van der Waals surface area contributed by atoms with Gasteiger partial charge < -0.3 is 5.11 Å². The highest BCUT2D eigenvalue weighted by Gasteiger charge is 2.29. The van der Waals surface area contributed by atoms with Gasteiger partial charge in [-0.3, -0.25) is 0 Å². The van der Waals surface area contributed by atoms with E-state index in [0.29, 0.717) is 16.1 Å². The third kappa shape index (κ3) is 5.80. The SMILES string of the molecule is O=S(=O)(c1cc(Cl)cc(Cl)c1O)N(Cc1ccc(F)cc1)Cc1cccc(-c2ccccc2Cl)c1. The van der Waals surface area contributed by atoms with Crippen LogP contribution < -0.4 is 0 Å². The summed E-state index contributed by atoms with van der Waals surface area (Å²) in [5.74, 6) is -1.03. The van der Waals surface area contributed by atoms with E-state index in [0.717, 1.165) is 17.2 Å². The number of nitrogens with zero attached hydrogens (tertiary/aromatic N) is 1. The van der Waals surface area contributed by atoms with E-state index >= 15 is 0 Å². The minimum absolute atomic E-state index is 0.0401. The van der Waals surface area contributed by atoms with Crippen LogP contribution in [0.3, 0.4) is 0 Å². The molecule has 0 radical (unpaired) electrons. The largest absolute Gasteiger partial charge is 0.505 e. The maximum absolute atomic E-state index is 13.7. The van der Waals surface area contributed by atoms with Gasteiger partial charge in [-0.2, -0.15) is 4.31 Å². The molecular formula is C26H19Cl3FNO3S. The number of aromatic hydroxyl groups is 1. The first kappa shape index (κ1) is 25.5. The summed E-state index contributed by atoms with van der Waals surface area (Å²) in [6.45, 7) is -0.121. The molecule has 0 fully saturated rings. The first-order valence-electron chi connectivity index (χ1n) is 10.4. The first-order chi connectivity index (χ1) is 16.6. The van der Waals surface area contributed by atoms with Crippen LogP contribution in [-0.4, -0.2) is 17.8 Å². The number of sulfonamides is 1. The highest BCUT2D eigenvalue weighted by Crippen LogP contribution is 2.37. The highest BCUT2D eigenvalue weighted by atomic mass is 35.5. The van der Waals surface area contributed by atoms with Crippen LogP contribution in [0.2, 0.25) is 15.1 Å². The number of phenolic OH excluding ortho intramolecular Hbond substituents is 1. The zero-order chi connectivity index (χ0) is 25.2. The number of halogens is 4. The summed E-state index contributed by atoms with van der Waals surface area (Å²) in [7, 11) is -4.27. The van der Waals surface area contributed by atoms with Crippen molar-refractivity contribution in [1.29, 1.82) is 0 Å². The Morgan fingerprint density at radius 2 is 1.46 bits per heavy atom. The van der Waals surface area contributed by atoms with E-state index in [1.54, 1.807) is 12.1 Å². The van der Waals surface area contributed by atoms with Gasteiger partial charge in [-0.1, -0.05) is 83.3 Å². The summed E-state index contributed by atoms with van der Waals surface area (Å²) in [6.07, 6.45) is 0. The van der Waals surface area contributed by atoms with E-state index in [-0.39, 0.29) is 23.1 Å². The molecule has 35 heavy (non-hydrogen) atoms. The van der Waals surface area contributed by atoms with Crippen LogP contribution in [0.15, 0.2) is 89.8 Å². The van der Waals surface area contributed by atoms with Crippen LogP contribution in [-0.2, 0) is 23.1 Å². The lowest BCUT2D eigenvalue weighted by Crippen LogP contribution is -2.30. The first-order valence-corrected chi connectivity index (χ1v) is 13.0. The van der Waals surface area contributed by atoms with Crippen molar-refractivity contribution >= 4 is 44.8 Å². The van der Waals surface area contributed by atoms with Gasteiger partial charge in [0.25, 0.3) is 0 Å². The summed E-state index contributed by atoms with van der Waals surface area (Å²) in [5, 5.41) is 10.9. The Labute approximate surface area is 218 Å². The van der Waals surface area contributed by atoms with E-state index in [1.807, 2.05) is 36.4 Å². The molecule has 4 nitrogen and oxygen atoms in total. The Hall–Kier alpha value is -2.61. The molecule has 4 rings (SSSR count). The van der Waals surface area contributed by atoms with Gasteiger partial charge in [-0.15, -0.1) is 0 Å². The Balaban J connectivity index is 1.77. The van der Waals surface area contributed by atoms with Crippen LogP contribution in [0.1, 0.15) is 11.1 Å². The quantitative estimate of drug-likeness (QED) is 0.258. The number of benzene rings is 4. The van der Waals surface area contributed by atoms with Crippen molar-refractivity contribution in [2.75, 3.05) is 0 Å². The predicted molar refractivity (Wildman–Crippen MR) is 138 cm³/mol. The van der Waals surface area contributed by atoms with Crippen molar-refractivity contribution in [2.24, 2.45) is 0 Å². The molecule has 1 N–H and O–H groups in total. The second-order valence-electron chi connectivity index (χ2n) is 7.81. The minimum atomic E-state index is -4.27. The van der Waals surface area contributed by atoms with E-state index in [1.165, 1.54) is 34.6 Å². The maximum atomic E-state index is 13.7. The lowest BCUT2D eigenvalue weighted by molar-refractivity contribution is 0.394. The molecular weight excluding hydrogens is 532 g/mol. The van der Waals surface area contributed by atoms with Gasteiger partial charge >= 0.3 is 0 Å². The van der Waals surface area contributed by atoms with Gasteiger partial charge in [0, 0.05) is 28.7 Å². The van der Waals surface area contributed by atoms with Crippen LogP contribution in [0.5, 0.6) is 5.75 Å². The Morgan fingerprint density at radius 3 is 2.17 bits per heavy atom. The van der Waals surface area contributed by atoms with Crippen LogP contribution in [0.4, 0.5) is 4.39 Å². The average molecular weight is 551 g/mol. The average Bonchev–Trinajstić information content (AvgIpc) is 2.82. The van der Waals surface area contributed by atoms with Crippen molar-refractivity contribution in [3.05, 3.63) is 117 Å². The van der Waals surface area contributed by atoms with Crippen molar-refractivity contribution < 1.29 is 17.9 Å². The molecule has 9 heteroatoms. The van der Waals surface area contributed by atoms with E-state index in [4.69, 9.17) is 34.8 Å². The van der Waals surface area contributed by atoms with Gasteiger partial charge in [-0.25, -0.2) is 12.8 Å². The molecule has 0 aromatic heterocycles. The second kappa shape index (κ2) is 10.6. The topological polar surface area (TPSA) is 57.6 Å². The zero-order valence-corrected chi connectivity index (χ0v) is 21.2. The lowest BCUT2D eigenvalue weighted by atomic mass is 10.0. The fraction of sp³-hybridized carbons (Fsp3) is 0.0769. The molecule has 4 aromatic rings. The van der Waals surface area contributed by atoms with Crippen molar-refractivity contribution in [1.82, 2.24) is 4.31 Å². The van der Waals surface area contributed by atoms with Crippen molar-refractivity contribution in [2.45, 2.75) is 18.0 Å². The number of phenols is 1. The van der Waals surface area contributed by atoms with Gasteiger partial charge in [0.1, 0.15) is 10.7 Å². The zero-order valence-electron chi connectivity index (χ0n) is 18.1. The normalized spacial score (nSPS) is 11.7. The minimum Gasteiger partial charge on any atom is -0.505 e. The summed E-state index contributed by atoms with van der Waals surface area (Å²) in [6, 6.07) is 22.6. The molecule has 180 valence electrons.